The summed E-state index contributed by atoms with van der Waals surface area (Å²) in [5.74, 6) is -1.06. The van der Waals surface area contributed by atoms with Gasteiger partial charge in [-0.1, -0.05) is 35.5 Å². The highest BCUT2D eigenvalue weighted by Crippen LogP contribution is 2.34. The molecule has 0 heterocycles. The quantitative estimate of drug-likeness (QED) is 0.690. The van der Waals surface area contributed by atoms with Crippen molar-refractivity contribution in [2.75, 3.05) is 0 Å². The molecular weight excluding hydrogens is 176 g/mol. The normalized spacial score (nSPS) is 22.0. The summed E-state index contributed by atoms with van der Waals surface area (Å²) >= 11 is 0. The number of hydrogen-bond donors (Lipinski definition) is 1. The van der Waals surface area contributed by atoms with Gasteiger partial charge in [-0.15, -0.1) is 0 Å². The van der Waals surface area contributed by atoms with E-state index >= 15 is 0 Å². The maximum atomic E-state index is 11.2. The lowest BCUT2D eigenvalue weighted by molar-refractivity contribution is -0.139. The minimum absolute atomic E-state index is 0.354. The minimum Gasteiger partial charge on any atom is -0.481 e. The fourth-order valence-electron chi connectivity index (χ4n) is 2.22. The summed E-state index contributed by atoms with van der Waals surface area (Å²) in [6.45, 7) is 0. The third-order valence-corrected chi connectivity index (χ3v) is 2.90. The Bertz CT molecular complexity index is 308. The monoisotopic (exact) mass is 190 g/mol. The molecule has 2 bridgehead atoms. The predicted molar refractivity (Wildman–Crippen MR) is 54.9 cm³/mol. The number of carboxylic acid groups (broad SMARTS) is 1. The molecule has 74 valence electrons. The highest BCUT2D eigenvalue weighted by Gasteiger charge is 2.28. The molecule has 0 saturated heterocycles. The molecule has 1 saturated carbocycles. The summed E-state index contributed by atoms with van der Waals surface area (Å²) in [6, 6.07) is 0. The van der Waals surface area contributed by atoms with Gasteiger partial charge in [0.05, 0.1) is 5.92 Å². The van der Waals surface area contributed by atoms with E-state index in [2.05, 4.69) is 0 Å². The Balaban J connectivity index is 2.42. The van der Waals surface area contributed by atoms with E-state index < -0.39 is 5.97 Å². The molecular formula is C12H14O2. The van der Waals surface area contributed by atoms with Crippen LogP contribution in [-0.4, -0.2) is 11.1 Å². The van der Waals surface area contributed by atoms with E-state index in [1.54, 1.807) is 0 Å². The summed E-state index contributed by atoms with van der Waals surface area (Å²) in [6.07, 6.45) is 11.9. The topological polar surface area (TPSA) is 37.3 Å². The van der Waals surface area contributed by atoms with Crippen LogP contribution in [0.25, 0.3) is 0 Å². The molecule has 0 aromatic rings. The van der Waals surface area contributed by atoms with Crippen LogP contribution in [0.4, 0.5) is 0 Å². The molecule has 0 aromatic heterocycles. The van der Waals surface area contributed by atoms with Crippen molar-refractivity contribution in [2.45, 2.75) is 25.7 Å². The SMILES string of the molecule is O=C(O)C1C2=CC=CC=C1CCCC2. The summed E-state index contributed by atoms with van der Waals surface area (Å²) < 4.78 is 0. The highest BCUT2D eigenvalue weighted by atomic mass is 16.4. The second-order valence-corrected chi connectivity index (χ2v) is 3.85. The number of carboxylic acids is 1. The molecule has 0 radical (unpaired) electrons. The van der Waals surface area contributed by atoms with Crippen molar-refractivity contribution in [2.24, 2.45) is 5.92 Å². The van der Waals surface area contributed by atoms with Crippen molar-refractivity contribution in [3.8, 4) is 0 Å². The fraction of sp³-hybridized carbons (Fsp3) is 0.417. The Morgan fingerprint density at radius 1 is 1.14 bits per heavy atom. The number of fused-ring (bicyclic) bond motifs is 2. The van der Waals surface area contributed by atoms with E-state index in [1.165, 1.54) is 0 Å². The Labute approximate surface area is 83.6 Å². The van der Waals surface area contributed by atoms with Gasteiger partial charge in [0, 0.05) is 0 Å². The zero-order valence-electron chi connectivity index (χ0n) is 8.07. The number of allylic oxidation sites excluding steroid dienone is 4. The van der Waals surface area contributed by atoms with Gasteiger partial charge in [-0.3, -0.25) is 4.79 Å². The Morgan fingerprint density at radius 2 is 1.64 bits per heavy atom. The second-order valence-electron chi connectivity index (χ2n) is 3.85. The lowest BCUT2D eigenvalue weighted by atomic mass is 9.90. The van der Waals surface area contributed by atoms with Crippen molar-refractivity contribution in [1.29, 1.82) is 0 Å². The van der Waals surface area contributed by atoms with E-state index in [1.807, 2.05) is 24.3 Å². The molecule has 0 amide bonds. The van der Waals surface area contributed by atoms with E-state index in [9.17, 15) is 9.90 Å². The first-order valence-electron chi connectivity index (χ1n) is 5.08. The maximum Gasteiger partial charge on any atom is 0.314 e. The van der Waals surface area contributed by atoms with E-state index in [-0.39, 0.29) is 5.92 Å². The van der Waals surface area contributed by atoms with Crippen LogP contribution in [0, 0.1) is 5.92 Å². The average Bonchev–Trinajstić information content (AvgIpc) is 2.47. The molecule has 0 unspecified atom stereocenters. The molecule has 0 aliphatic heterocycles. The minimum atomic E-state index is -0.701. The van der Waals surface area contributed by atoms with Gasteiger partial charge in [-0.05, 0) is 25.7 Å². The summed E-state index contributed by atoms with van der Waals surface area (Å²) in [5, 5.41) is 9.18. The first-order valence-corrected chi connectivity index (χ1v) is 5.08. The second kappa shape index (κ2) is 3.82. The molecule has 1 N–H and O–H groups in total. The zero-order valence-corrected chi connectivity index (χ0v) is 8.07. The number of rotatable bonds is 1. The lowest BCUT2D eigenvalue weighted by Gasteiger charge is -2.14. The van der Waals surface area contributed by atoms with Gasteiger partial charge in [0.1, 0.15) is 0 Å². The van der Waals surface area contributed by atoms with Crippen molar-refractivity contribution >= 4 is 5.97 Å². The summed E-state index contributed by atoms with van der Waals surface area (Å²) in [7, 11) is 0. The van der Waals surface area contributed by atoms with Gasteiger partial charge >= 0.3 is 5.97 Å². The molecule has 2 nitrogen and oxygen atoms in total. The van der Waals surface area contributed by atoms with Gasteiger partial charge in [0.2, 0.25) is 0 Å². The first kappa shape index (κ1) is 9.25. The van der Waals surface area contributed by atoms with Crippen LogP contribution in [0.15, 0.2) is 35.5 Å². The molecule has 0 spiro atoms. The van der Waals surface area contributed by atoms with Gasteiger partial charge in [0.25, 0.3) is 0 Å². The van der Waals surface area contributed by atoms with E-state index in [0.717, 1.165) is 36.8 Å². The molecule has 1 fully saturated rings. The van der Waals surface area contributed by atoms with Crippen molar-refractivity contribution in [1.82, 2.24) is 0 Å². The van der Waals surface area contributed by atoms with Gasteiger partial charge in [-0.2, -0.15) is 0 Å². The third-order valence-electron chi connectivity index (χ3n) is 2.90. The third kappa shape index (κ3) is 1.65. The largest absolute Gasteiger partial charge is 0.481 e. The number of aliphatic carboxylic acids is 1. The van der Waals surface area contributed by atoms with E-state index in [4.69, 9.17) is 0 Å². The average molecular weight is 190 g/mol. The fourth-order valence-corrected chi connectivity index (χ4v) is 2.22. The van der Waals surface area contributed by atoms with Crippen molar-refractivity contribution in [3.63, 3.8) is 0 Å². The first-order chi connectivity index (χ1) is 6.79. The Morgan fingerprint density at radius 3 is 2.07 bits per heavy atom. The van der Waals surface area contributed by atoms with Gasteiger partial charge in [-0.25, -0.2) is 0 Å². The van der Waals surface area contributed by atoms with Crippen molar-refractivity contribution in [3.05, 3.63) is 35.5 Å². The molecule has 2 aliphatic rings. The predicted octanol–water partition coefficient (Wildman–Crippen LogP) is 2.68. The maximum absolute atomic E-state index is 11.2. The number of carbonyl (C=O) groups is 1. The van der Waals surface area contributed by atoms with Gasteiger partial charge in [0.15, 0.2) is 0 Å². The molecule has 14 heavy (non-hydrogen) atoms. The molecule has 2 rings (SSSR count). The Hall–Kier alpha value is -1.31. The molecule has 2 heteroatoms. The van der Waals surface area contributed by atoms with Crippen molar-refractivity contribution < 1.29 is 9.90 Å². The molecule has 0 aromatic carbocycles. The Kier molecular flexibility index (Phi) is 2.53. The molecule has 2 aliphatic carbocycles. The highest BCUT2D eigenvalue weighted by molar-refractivity contribution is 5.78. The summed E-state index contributed by atoms with van der Waals surface area (Å²) in [5.41, 5.74) is 2.13. The molecule has 0 atom stereocenters. The van der Waals surface area contributed by atoms with Crippen LogP contribution in [0.1, 0.15) is 25.7 Å². The van der Waals surface area contributed by atoms with Crippen LogP contribution in [0.2, 0.25) is 0 Å². The number of hydrogen-bond acceptors (Lipinski definition) is 1. The smallest absolute Gasteiger partial charge is 0.314 e. The van der Waals surface area contributed by atoms with Crippen LogP contribution in [0.5, 0.6) is 0 Å². The van der Waals surface area contributed by atoms with Crippen LogP contribution < -0.4 is 0 Å². The lowest BCUT2D eigenvalue weighted by Crippen LogP contribution is -2.17. The zero-order chi connectivity index (χ0) is 9.97. The van der Waals surface area contributed by atoms with Gasteiger partial charge < -0.3 is 5.11 Å². The van der Waals surface area contributed by atoms with E-state index in [0.29, 0.717) is 0 Å². The van der Waals surface area contributed by atoms with Crippen LogP contribution in [0.3, 0.4) is 0 Å². The standard InChI is InChI=1S/C12H14O2/c13-12(14)11-9-5-1-2-6-10(11)8-4-3-7-9/h1-2,5-6,11H,3-4,7-8H2,(H,13,14). The van der Waals surface area contributed by atoms with Crippen LogP contribution in [-0.2, 0) is 4.79 Å². The summed E-state index contributed by atoms with van der Waals surface area (Å²) in [4.78, 5) is 11.2. The van der Waals surface area contributed by atoms with Crippen LogP contribution >= 0.6 is 0 Å².